The Hall–Kier alpha value is -6.40. The number of hydrogen-bond acceptors (Lipinski definition) is 13. The number of carboxylic acids is 1. The Morgan fingerprint density at radius 1 is 0.318 bits per heavy atom. The van der Waals surface area contributed by atoms with Gasteiger partial charge in [0.25, 0.3) is 0 Å². The Labute approximate surface area is 502 Å². The summed E-state index contributed by atoms with van der Waals surface area (Å²) in [5.74, 6) is -10.7. The number of nitrogens with one attached hydrogen (secondary N) is 7. The van der Waals surface area contributed by atoms with Gasteiger partial charge in [0.1, 0.15) is 66.5 Å². The lowest BCUT2D eigenvalue weighted by Crippen LogP contribution is -2.62. The summed E-state index contributed by atoms with van der Waals surface area (Å²) in [5.41, 5.74) is 6.08. The summed E-state index contributed by atoms with van der Waals surface area (Å²) in [6, 6.07) is -12.5. The lowest BCUT2D eigenvalue weighted by atomic mass is 9.97. The molecule has 12 atom stereocenters. The Morgan fingerprint density at radius 2 is 0.529 bits per heavy atom. The Morgan fingerprint density at radius 3 is 0.741 bits per heavy atom. The molecule has 85 heavy (non-hydrogen) atoms. The lowest BCUT2D eigenvalue weighted by Gasteiger charge is -2.34. The van der Waals surface area contributed by atoms with Crippen LogP contribution in [0.15, 0.2) is 0 Å². The van der Waals surface area contributed by atoms with E-state index in [9.17, 15) is 62.6 Å². The van der Waals surface area contributed by atoms with Crippen molar-refractivity contribution in [3.63, 3.8) is 0 Å². The summed E-state index contributed by atoms with van der Waals surface area (Å²) in [6.45, 7) is 28.8. The molecule has 480 valence electrons. The molecule has 0 aromatic carbocycles. The van der Waals surface area contributed by atoms with Crippen molar-refractivity contribution < 1.29 is 62.6 Å². The predicted octanol–water partition coefficient (Wildman–Crippen LogP) is 1.00. The maximum Gasteiger partial charge on any atom is 0.326 e. The second kappa shape index (κ2) is 31.3. The van der Waals surface area contributed by atoms with Crippen LogP contribution in [0.1, 0.15) is 162 Å². The molecule has 0 bridgehead atoms. The van der Waals surface area contributed by atoms with E-state index in [1.165, 1.54) is 19.6 Å². The first-order valence-electron chi connectivity index (χ1n) is 31.0. The summed E-state index contributed by atoms with van der Waals surface area (Å²) in [5, 5.41) is 29.4. The smallest absolute Gasteiger partial charge is 0.326 e. The number of amides is 11. The third kappa shape index (κ3) is 17.9. The average Bonchev–Trinajstić information content (AvgIpc) is 4.42. The summed E-state index contributed by atoms with van der Waals surface area (Å²) < 4.78 is 0. The van der Waals surface area contributed by atoms with Gasteiger partial charge in [-0.15, -0.1) is 0 Å². The summed E-state index contributed by atoms with van der Waals surface area (Å²) in [4.78, 5) is 172. The van der Waals surface area contributed by atoms with Crippen molar-refractivity contribution in [2.75, 3.05) is 26.2 Å². The molecule has 4 aliphatic rings. The van der Waals surface area contributed by atoms with Crippen LogP contribution in [0.2, 0.25) is 0 Å². The van der Waals surface area contributed by atoms with Crippen molar-refractivity contribution >= 4 is 70.9 Å². The minimum absolute atomic E-state index is 0.173. The van der Waals surface area contributed by atoms with E-state index >= 15 is 0 Å². The monoisotopic (exact) mass is 1200 g/mol. The van der Waals surface area contributed by atoms with Crippen LogP contribution in [0.5, 0.6) is 0 Å². The average molecular weight is 1200 g/mol. The van der Waals surface area contributed by atoms with Crippen molar-refractivity contribution in [2.24, 2.45) is 53.1 Å². The zero-order chi connectivity index (χ0) is 64.2. The SMILES string of the molecule is CC(C)[C@H](N)C(=O)N[C@H](C(=O)N1CCC[C@H]1C(=O)N[C@H](C(=O)N[C@H](C(=O)N1CCC[C@H]1C(=O)N[C@H](C(=O)N[C@H](C(=O)N1CCC[C@H]1C(=O)N[C@H](C(=O)N[C@H](C(=O)N1CCC[C@H]1C(=O)O)C(C)C)C(C)C)C(C)C)C(C)C)C(C)C)C(C)C)C(C)C. The second-order valence-corrected chi connectivity index (χ2v) is 26.5. The van der Waals surface area contributed by atoms with Gasteiger partial charge in [0.05, 0.1) is 6.04 Å². The number of nitrogens with zero attached hydrogens (tertiary/aromatic N) is 4. The van der Waals surface area contributed by atoms with Crippen molar-refractivity contribution in [1.29, 1.82) is 0 Å². The van der Waals surface area contributed by atoms with Gasteiger partial charge in [0.2, 0.25) is 65.0 Å². The highest BCUT2D eigenvalue weighted by Gasteiger charge is 2.46. The van der Waals surface area contributed by atoms with E-state index < -0.39 is 179 Å². The third-order valence-electron chi connectivity index (χ3n) is 17.0. The van der Waals surface area contributed by atoms with Gasteiger partial charge >= 0.3 is 5.97 Å². The van der Waals surface area contributed by atoms with Crippen LogP contribution < -0.4 is 43.0 Å². The molecule has 0 aliphatic carbocycles. The first-order chi connectivity index (χ1) is 39.6. The number of rotatable bonds is 27. The zero-order valence-corrected chi connectivity index (χ0v) is 53.2. The highest BCUT2D eigenvalue weighted by molar-refractivity contribution is 6.00. The molecule has 0 radical (unpaired) electrons. The molecule has 0 spiro atoms. The van der Waals surface area contributed by atoms with Crippen molar-refractivity contribution in [1.82, 2.24) is 56.8 Å². The Bertz CT molecular complexity index is 2430. The van der Waals surface area contributed by atoms with Gasteiger partial charge in [-0.2, -0.15) is 0 Å². The summed E-state index contributed by atoms with van der Waals surface area (Å²) in [7, 11) is 0. The largest absolute Gasteiger partial charge is 0.480 e. The van der Waals surface area contributed by atoms with Crippen LogP contribution >= 0.6 is 0 Å². The maximum absolute atomic E-state index is 14.6. The quantitative estimate of drug-likeness (QED) is 0.0555. The molecule has 4 rings (SSSR count). The van der Waals surface area contributed by atoms with Crippen LogP contribution in [0.3, 0.4) is 0 Å². The molecule has 25 nitrogen and oxygen atoms in total. The van der Waals surface area contributed by atoms with E-state index in [1.54, 1.807) is 111 Å². The molecule has 11 amide bonds. The van der Waals surface area contributed by atoms with Crippen LogP contribution in [-0.2, 0) is 57.5 Å². The number of likely N-dealkylation sites (tertiary alicyclic amines) is 4. The number of aliphatic carboxylic acids is 1. The highest BCUT2D eigenvalue weighted by Crippen LogP contribution is 2.26. The van der Waals surface area contributed by atoms with Crippen LogP contribution in [0, 0.1) is 47.3 Å². The zero-order valence-electron chi connectivity index (χ0n) is 53.2. The predicted molar refractivity (Wildman–Crippen MR) is 317 cm³/mol. The number of carbonyl (C=O) groups excluding carboxylic acids is 11. The minimum Gasteiger partial charge on any atom is -0.480 e. The molecule has 4 heterocycles. The normalized spacial score (nSPS) is 21.9. The van der Waals surface area contributed by atoms with Crippen molar-refractivity contribution in [2.45, 2.75) is 235 Å². The molecule has 0 saturated carbocycles. The molecule has 0 unspecified atom stereocenters. The lowest BCUT2D eigenvalue weighted by molar-refractivity contribution is -0.150. The van der Waals surface area contributed by atoms with Gasteiger partial charge in [-0.05, 0) is 98.7 Å². The Balaban J connectivity index is 1.43. The third-order valence-corrected chi connectivity index (χ3v) is 17.0. The first-order valence-corrected chi connectivity index (χ1v) is 31.0. The van der Waals surface area contributed by atoms with Crippen LogP contribution in [0.25, 0.3) is 0 Å². The molecule has 0 aromatic heterocycles. The number of carbonyl (C=O) groups is 12. The Kier molecular flexibility index (Phi) is 26.2. The summed E-state index contributed by atoms with van der Waals surface area (Å²) in [6.07, 6.45) is 3.05. The van der Waals surface area contributed by atoms with Crippen LogP contribution in [0.4, 0.5) is 0 Å². The molecule has 0 aromatic rings. The van der Waals surface area contributed by atoms with Gasteiger partial charge in [-0.25, -0.2) is 4.79 Å². The topological polar surface area (TPSA) is 348 Å². The van der Waals surface area contributed by atoms with Crippen molar-refractivity contribution in [3.8, 4) is 0 Å². The molecule has 4 fully saturated rings. The molecule has 10 N–H and O–H groups in total. The van der Waals surface area contributed by atoms with Gasteiger partial charge < -0.3 is 67.7 Å². The molecular weight excluding hydrogens is 1100 g/mol. The van der Waals surface area contributed by atoms with E-state index in [0.29, 0.717) is 38.5 Å². The van der Waals surface area contributed by atoms with E-state index in [2.05, 4.69) is 37.2 Å². The molecular formula is C60H102N12O13. The fraction of sp³-hybridized carbons (Fsp3) is 0.800. The van der Waals surface area contributed by atoms with E-state index in [-0.39, 0.29) is 50.9 Å². The molecule has 4 saturated heterocycles. The van der Waals surface area contributed by atoms with E-state index in [0.717, 1.165) is 0 Å². The first kappa shape index (κ1) is 71.1. The van der Waals surface area contributed by atoms with Crippen molar-refractivity contribution in [3.05, 3.63) is 0 Å². The fourth-order valence-electron chi connectivity index (χ4n) is 11.6. The van der Waals surface area contributed by atoms with Gasteiger partial charge in [-0.3, -0.25) is 52.7 Å². The van der Waals surface area contributed by atoms with E-state index in [4.69, 9.17) is 5.73 Å². The number of nitrogens with two attached hydrogens (primary N) is 1. The second-order valence-electron chi connectivity index (χ2n) is 26.5. The van der Waals surface area contributed by atoms with Gasteiger partial charge in [0, 0.05) is 26.2 Å². The van der Waals surface area contributed by atoms with Gasteiger partial charge in [0.15, 0.2) is 0 Å². The molecule has 4 aliphatic heterocycles. The highest BCUT2D eigenvalue weighted by atomic mass is 16.4. The van der Waals surface area contributed by atoms with Gasteiger partial charge in [-0.1, -0.05) is 111 Å². The van der Waals surface area contributed by atoms with Crippen LogP contribution in [-0.4, -0.2) is 194 Å². The van der Waals surface area contributed by atoms with E-state index in [1.807, 2.05) is 0 Å². The fourth-order valence-corrected chi connectivity index (χ4v) is 11.6. The minimum atomic E-state index is -1.18. The number of hydrogen-bond donors (Lipinski definition) is 9. The maximum atomic E-state index is 14.6. The standard InChI is InChI=1S/C60H102N12O13/c1-29(2)41(61)52(76)65-45(33(9)10)56(80)69-25-17-21-37(69)49(73)62-42(30(3)4)53(77)66-46(34(11)12)57(81)70-26-18-22-38(70)50(74)63-43(31(5)6)54(78)67-47(35(13)14)58(82)71-27-19-23-39(71)51(75)64-44(32(7)8)55(79)68-48(36(15)16)59(83)72-28-20-24-40(72)60(84)85/h29-48H,17-28,61H2,1-16H3,(H,62,73)(H,63,74)(H,64,75)(H,65,76)(H,66,77)(H,67,78)(H,68,79)(H,84,85)/t37-,38-,39-,40-,41-,42-,43-,44-,45-,46-,47-,48-/m0/s1. The summed E-state index contributed by atoms with van der Waals surface area (Å²) >= 11 is 0. The molecule has 25 heteroatoms. The number of carboxylic acid groups (broad SMARTS) is 1.